The van der Waals surface area contributed by atoms with Crippen molar-refractivity contribution < 1.29 is 14.7 Å². The maximum atomic E-state index is 12.4. The number of hydrogen-bond donors (Lipinski definition) is 2. The molecule has 0 saturated heterocycles. The van der Waals surface area contributed by atoms with Crippen LogP contribution in [0.5, 0.6) is 0 Å². The molecule has 7 nitrogen and oxygen atoms in total. The van der Waals surface area contributed by atoms with Gasteiger partial charge in [-0.2, -0.15) is 5.10 Å². The van der Waals surface area contributed by atoms with Crippen LogP contribution in [0.25, 0.3) is 5.52 Å². The second-order valence-corrected chi connectivity index (χ2v) is 5.97. The normalized spacial score (nSPS) is 12.4. The minimum absolute atomic E-state index is 0.359. The van der Waals surface area contributed by atoms with E-state index in [1.807, 2.05) is 0 Å². The molecule has 0 bridgehead atoms. The van der Waals surface area contributed by atoms with Gasteiger partial charge in [0, 0.05) is 12.4 Å². The van der Waals surface area contributed by atoms with Crippen LogP contribution >= 0.6 is 0 Å². The molecule has 0 aliphatic heterocycles. The van der Waals surface area contributed by atoms with E-state index in [1.165, 1.54) is 16.9 Å². The average molecular weight is 290 g/mol. The van der Waals surface area contributed by atoms with Gasteiger partial charge in [-0.15, -0.1) is 0 Å². The monoisotopic (exact) mass is 290 g/mol. The lowest BCUT2D eigenvalue weighted by atomic mass is 9.74. The first kappa shape index (κ1) is 15.0. The van der Waals surface area contributed by atoms with Crippen LogP contribution in [-0.4, -0.2) is 37.1 Å². The van der Waals surface area contributed by atoms with Crippen LogP contribution in [0.1, 0.15) is 38.1 Å². The fourth-order valence-electron chi connectivity index (χ4n) is 1.78. The third-order valence-corrected chi connectivity index (χ3v) is 4.09. The van der Waals surface area contributed by atoms with Crippen LogP contribution in [0, 0.1) is 5.41 Å². The second-order valence-electron chi connectivity index (χ2n) is 5.97. The zero-order valence-corrected chi connectivity index (χ0v) is 12.4. The van der Waals surface area contributed by atoms with E-state index in [1.54, 1.807) is 40.1 Å². The van der Waals surface area contributed by atoms with Gasteiger partial charge in [0.05, 0.1) is 34.4 Å². The molecule has 2 aromatic heterocycles. The van der Waals surface area contributed by atoms with Gasteiger partial charge < -0.3 is 10.4 Å². The predicted molar refractivity (Wildman–Crippen MR) is 75.9 cm³/mol. The lowest BCUT2D eigenvalue weighted by molar-refractivity contribution is -0.150. The number of carboxylic acid groups (broad SMARTS) is 1. The number of nitrogens with one attached hydrogen (secondary N) is 1. The molecule has 2 rings (SSSR count). The number of carbonyl (C=O) groups is 2. The Morgan fingerprint density at radius 1 is 1.24 bits per heavy atom. The largest absolute Gasteiger partial charge is 0.481 e. The van der Waals surface area contributed by atoms with E-state index in [0.29, 0.717) is 11.1 Å². The third kappa shape index (κ3) is 2.46. The minimum atomic E-state index is -1.12. The first-order valence-electron chi connectivity index (χ1n) is 6.50. The lowest BCUT2D eigenvalue weighted by Crippen LogP contribution is -2.56. The van der Waals surface area contributed by atoms with Gasteiger partial charge in [0.25, 0.3) is 5.91 Å². The average Bonchev–Trinajstić information content (AvgIpc) is 2.81. The second kappa shape index (κ2) is 4.83. The van der Waals surface area contributed by atoms with Crippen molar-refractivity contribution in [3.63, 3.8) is 0 Å². The first-order chi connectivity index (χ1) is 9.67. The van der Waals surface area contributed by atoms with Crippen LogP contribution in [0.15, 0.2) is 24.8 Å². The van der Waals surface area contributed by atoms with Gasteiger partial charge in [-0.3, -0.25) is 14.6 Å². The van der Waals surface area contributed by atoms with Gasteiger partial charge in [-0.1, -0.05) is 0 Å². The molecular formula is C14H18N4O3. The summed E-state index contributed by atoms with van der Waals surface area (Å²) in [6, 6.07) is 0. The Morgan fingerprint density at radius 2 is 1.90 bits per heavy atom. The number of rotatable bonds is 4. The van der Waals surface area contributed by atoms with E-state index >= 15 is 0 Å². The summed E-state index contributed by atoms with van der Waals surface area (Å²) in [7, 11) is 0. The summed E-state index contributed by atoms with van der Waals surface area (Å²) in [5.41, 5.74) is -1.13. The number of carboxylic acids is 1. The molecule has 2 N–H and O–H groups in total. The van der Waals surface area contributed by atoms with E-state index in [9.17, 15) is 14.7 Å². The minimum Gasteiger partial charge on any atom is -0.481 e. The molecule has 0 fully saturated rings. The maximum absolute atomic E-state index is 12.4. The number of amides is 1. The summed E-state index contributed by atoms with van der Waals surface area (Å²) >= 11 is 0. The first-order valence-corrected chi connectivity index (χ1v) is 6.50. The van der Waals surface area contributed by atoms with Crippen molar-refractivity contribution >= 4 is 17.4 Å². The van der Waals surface area contributed by atoms with Crippen molar-refractivity contribution in [3.05, 3.63) is 30.4 Å². The third-order valence-electron chi connectivity index (χ3n) is 4.09. The Labute approximate surface area is 122 Å². The highest BCUT2D eigenvalue weighted by Crippen LogP contribution is 2.31. The van der Waals surface area contributed by atoms with Crippen LogP contribution in [0.3, 0.4) is 0 Å². The van der Waals surface area contributed by atoms with Gasteiger partial charge in [0.1, 0.15) is 0 Å². The zero-order valence-electron chi connectivity index (χ0n) is 12.4. The highest BCUT2D eigenvalue weighted by Gasteiger charge is 2.44. The van der Waals surface area contributed by atoms with Crippen LogP contribution < -0.4 is 5.32 Å². The van der Waals surface area contributed by atoms with Gasteiger partial charge in [-0.25, -0.2) is 4.52 Å². The molecule has 7 heteroatoms. The van der Waals surface area contributed by atoms with E-state index in [-0.39, 0.29) is 5.91 Å². The zero-order chi connectivity index (χ0) is 15.8. The van der Waals surface area contributed by atoms with Gasteiger partial charge >= 0.3 is 5.97 Å². The molecule has 0 aromatic carbocycles. The topological polar surface area (TPSA) is 96.6 Å². The van der Waals surface area contributed by atoms with E-state index in [2.05, 4.69) is 15.4 Å². The van der Waals surface area contributed by atoms with Crippen molar-refractivity contribution in [2.45, 2.75) is 33.2 Å². The number of aromatic nitrogens is 3. The molecule has 0 unspecified atom stereocenters. The standard InChI is InChI=1S/C14H18N4O3/c1-13(2,12(20)21)14(3,4)17-11(19)9-7-16-18-6-5-15-8-10(9)18/h5-8H,1-4H3,(H,17,19)(H,20,21). The van der Waals surface area contributed by atoms with Gasteiger partial charge in [0.15, 0.2) is 0 Å². The maximum Gasteiger partial charge on any atom is 0.311 e. The molecular weight excluding hydrogens is 272 g/mol. The number of aliphatic carboxylic acids is 1. The summed E-state index contributed by atoms with van der Waals surface area (Å²) in [5.74, 6) is -1.35. The Morgan fingerprint density at radius 3 is 2.52 bits per heavy atom. The summed E-state index contributed by atoms with van der Waals surface area (Å²) < 4.78 is 1.54. The Hall–Kier alpha value is -2.44. The Bertz CT molecular complexity index is 703. The molecule has 0 atom stereocenters. The molecule has 0 aliphatic carbocycles. The number of fused-ring (bicyclic) bond motifs is 1. The molecule has 21 heavy (non-hydrogen) atoms. The fraction of sp³-hybridized carbons (Fsp3) is 0.429. The highest BCUT2D eigenvalue weighted by atomic mass is 16.4. The van der Waals surface area contributed by atoms with Gasteiger partial charge in [-0.05, 0) is 27.7 Å². The smallest absolute Gasteiger partial charge is 0.311 e. The SMILES string of the molecule is CC(C)(NC(=O)c1cnn2ccncc12)C(C)(C)C(=O)O. The molecule has 0 spiro atoms. The lowest BCUT2D eigenvalue weighted by Gasteiger charge is -2.38. The van der Waals surface area contributed by atoms with Gasteiger partial charge in [0.2, 0.25) is 0 Å². The summed E-state index contributed by atoms with van der Waals surface area (Å²) in [4.78, 5) is 27.8. The molecule has 112 valence electrons. The number of nitrogens with zero attached hydrogens (tertiary/aromatic N) is 3. The van der Waals surface area contributed by atoms with Crippen LogP contribution in [0.2, 0.25) is 0 Å². The highest BCUT2D eigenvalue weighted by molar-refractivity contribution is 6.01. The van der Waals surface area contributed by atoms with E-state index in [0.717, 1.165) is 0 Å². The molecule has 2 aromatic rings. The fourth-order valence-corrected chi connectivity index (χ4v) is 1.78. The Balaban J connectivity index is 2.32. The van der Waals surface area contributed by atoms with Crippen molar-refractivity contribution in [3.8, 4) is 0 Å². The summed E-state index contributed by atoms with van der Waals surface area (Å²) in [5, 5.41) is 16.2. The number of carbonyl (C=O) groups excluding carboxylic acids is 1. The van der Waals surface area contributed by atoms with Crippen molar-refractivity contribution in [1.82, 2.24) is 19.9 Å². The Kier molecular flexibility index (Phi) is 3.44. The molecule has 0 radical (unpaired) electrons. The molecule has 2 heterocycles. The van der Waals surface area contributed by atoms with E-state index < -0.39 is 16.9 Å². The quantitative estimate of drug-likeness (QED) is 0.886. The van der Waals surface area contributed by atoms with E-state index in [4.69, 9.17) is 0 Å². The molecule has 1 amide bonds. The van der Waals surface area contributed by atoms with Crippen LogP contribution in [-0.2, 0) is 4.79 Å². The van der Waals surface area contributed by atoms with Crippen molar-refractivity contribution in [2.75, 3.05) is 0 Å². The molecule has 0 aliphatic rings. The van der Waals surface area contributed by atoms with Crippen molar-refractivity contribution in [1.29, 1.82) is 0 Å². The predicted octanol–water partition coefficient (Wildman–Crippen LogP) is 1.35. The molecule has 0 saturated carbocycles. The summed E-state index contributed by atoms with van der Waals surface area (Å²) in [6.07, 6.45) is 6.19. The van der Waals surface area contributed by atoms with Crippen molar-refractivity contribution in [2.24, 2.45) is 5.41 Å². The number of hydrogen-bond acceptors (Lipinski definition) is 4. The van der Waals surface area contributed by atoms with Crippen LogP contribution in [0.4, 0.5) is 0 Å². The summed E-state index contributed by atoms with van der Waals surface area (Å²) in [6.45, 7) is 6.52.